The number of carboxylic acid groups (broad SMARTS) is 2. The largest absolute Gasteiger partial charge is 0.481 e. The van der Waals surface area contributed by atoms with Crippen LogP contribution in [0.3, 0.4) is 0 Å². The van der Waals surface area contributed by atoms with Crippen LogP contribution in [0.1, 0.15) is 13.3 Å². The molecule has 3 N–H and O–H groups in total. The zero-order valence-corrected chi connectivity index (χ0v) is 10.0. The van der Waals surface area contributed by atoms with E-state index < -0.39 is 45.4 Å². The zero-order chi connectivity index (χ0) is 13.8. The second-order valence-corrected chi connectivity index (χ2v) is 5.84. The maximum absolute atomic E-state index is 11.3. The fourth-order valence-corrected chi connectivity index (χ4v) is 1.32. The minimum absolute atomic E-state index is 0.822. The maximum Gasteiger partial charge on any atom is 0.326 e. The molecule has 0 fully saturated rings. The first-order valence-electron chi connectivity index (χ1n) is 4.49. The molecule has 0 saturated carbocycles. The van der Waals surface area contributed by atoms with Crippen molar-refractivity contribution in [3.63, 3.8) is 0 Å². The van der Waals surface area contributed by atoms with E-state index in [0.29, 0.717) is 0 Å². The predicted molar refractivity (Wildman–Crippen MR) is 56.1 cm³/mol. The van der Waals surface area contributed by atoms with E-state index >= 15 is 0 Å². The molecule has 0 aromatic rings. The topological polar surface area (TPSA) is 138 Å². The van der Waals surface area contributed by atoms with E-state index in [1.807, 2.05) is 5.32 Å². The Morgan fingerprint density at radius 2 is 1.71 bits per heavy atom. The molecule has 1 unspecified atom stereocenters. The van der Waals surface area contributed by atoms with E-state index in [1.165, 1.54) is 0 Å². The van der Waals surface area contributed by atoms with E-state index in [2.05, 4.69) is 0 Å². The molecule has 0 radical (unpaired) electrons. The summed E-state index contributed by atoms with van der Waals surface area (Å²) in [5.41, 5.74) is 0. The molecule has 1 amide bonds. The summed E-state index contributed by atoms with van der Waals surface area (Å²) in [6.45, 7) is 1.09. The van der Waals surface area contributed by atoms with Gasteiger partial charge in [-0.1, -0.05) is 0 Å². The second kappa shape index (κ2) is 5.62. The van der Waals surface area contributed by atoms with Gasteiger partial charge in [0.2, 0.25) is 5.91 Å². The van der Waals surface area contributed by atoms with Gasteiger partial charge in [-0.05, 0) is 6.92 Å². The van der Waals surface area contributed by atoms with Crippen molar-refractivity contribution in [2.75, 3.05) is 6.26 Å². The number of carboxylic acids is 2. The quantitative estimate of drug-likeness (QED) is 0.530. The predicted octanol–water partition coefficient (Wildman–Crippen LogP) is -1.54. The Morgan fingerprint density at radius 1 is 1.24 bits per heavy atom. The highest BCUT2D eigenvalue weighted by Gasteiger charge is 2.29. The van der Waals surface area contributed by atoms with Crippen LogP contribution >= 0.6 is 0 Å². The number of rotatable bonds is 6. The van der Waals surface area contributed by atoms with Gasteiger partial charge in [-0.25, -0.2) is 13.2 Å². The highest BCUT2D eigenvalue weighted by atomic mass is 32.2. The van der Waals surface area contributed by atoms with Gasteiger partial charge in [0.15, 0.2) is 9.84 Å². The minimum Gasteiger partial charge on any atom is -0.481 e. The van der Waals surface area contributed by atoms with Gasteiger partial charge in [0.1, 0.15) is 11.3 Å². The lowest BCUT2D eigenvalue weighted by Gasteiger charge is -2.15. The summed E-state index contributed by atoms with van der Waals surface area (Å²) < 4.78 is 22.0. The number of sulfone groups is 1. The first kappa shape index (κ1) is 15.4. The maximum atomic E-state index is 11.3. The molecule has 0 aliphatic heterocycles. The molecule has 0 aliphatic carbocycles. The van der Waals surface area contributed by atoms with Crippen LogP contribution in [-0.4, -0.2) is 54.0 Å². The number of carbonyl (C=O) groups excluding carboxylic acids is 1. The van der Waals surface area contributed by atoms with Crippen molar-refractivity contribution >= 4 is 27.7 Å². The average molecular weight is 267 g/mol. The van der Waals surface area contributed by atoms with Crippen LogP contribution in [0.4, 0.5) is 0 Å². The van der Waals surface area contributed by atoms with Gasteiger partial charge in [0.05, 0.1) is 6.42 Å². The van der Waals surface area contributed by atoms with Gasteiger partial charge in [-0.2, -0.15) is 0 Å². The third-order valence-electron chi connectivity index (χ3n) is 2.00. The second-order valence-electron chi connectivity index (χ2n) is 3.47. The van der Waals surface area contributed by atoms with Crippen molar-refractivity contribution in [2.24, 2.45) is 0 Å². The Hall–Kier alpha value is -1.64. The molecule has 0 aromatic heterocycles. The molecule has 0 saturated heterocycles. The summed E-state index contributed by atoms with van der Waals surface area (Å²) in [6.07, 6.45) is 0.00176. The summed E-state index contributed by atoms with van der Waals surface area (Å²) in [4.78, 5) is 32.3. The Kier molecular flexibility index (Phi) is 5.08. The Labute approximate surface area is 97.5 Å². The molecule has 2 atom stereocenters. The standard InChI is InChI=1S/C8H13NO7S/c1-4(17(2,15)16)7(12)9-5(8(13)14)3-6(10)11/h4-5H,3H2,1-2H3,(H,9,12)(H,10,11)(H,13,14)/t4?,5-/m0/s1. The third-order valence-corrected chi connectivity index (χ3v) is 3.50. The molecule has 0 rings (SSSR count). The van der Waals surface area contributed by atoms with E-state index in [0.717, 1.165) is 13.2 Å². The molecule has 17 heavy (non-hydrogen) atoms. The van der Waals surface area contributed by atoms with Gasteiger partial charge < -0.3 is 15.5 Å². The highest BCUT2D eigenvalue weighted by molar-refractivity contribution is 7.92. The van der Waals surface area contributed by atoms with Crippen LogP contribution in [0, 0.1) is 0 Å². The molecular weight excluding hydrogens is 254 g/mol. The lowest BCUT2D eigenvalue weighted by Crippen LogP contribution is -2.47. The van der Waals surface area contributed by atoms with E-state index in [1.54, 1.807) is 0 Å². The molecule has 9 heteroatoms. The summed E-state index contributed by atoms with van der Waals surface area (Å²) in [7, 11) is -3.65. The van der Waals surface area contributed by atoms with Crippen molar-refractivity contribution in [3.05, 3.63) is 0 Å². The summed E-state index contributed by atoms with van der Waals surface area (Å²) in [5, 5.41) is 17.5. The van der Waals surface area contributed by atoms with Crippen molar-refractivity contribution in [1.82, 2.24) is 5.32 Å². The van der Waals surface area contributed by atoms with Gasteiger partial charge in [-0.3, -0.25) is 9.59 Å². The first-order chi connectivity index (χ1) is 7.55. The lowest BCUT2D eigenvalue weighted by molar-refractivity contribution is -0.147. The van der Waals surface area contributed by atoms with Gasteiger partial charge in [-0.15, -0.1) is 0 Å². The first-order valence-corrected chi connectivity index (χ1v) is 6.45. The summed E-state index contributed by atoms with van der Waals surface area (Å²) >= 11 is 0. The number of hydrogen-bond donors (Lipinski definition) is 3. The number of aliphatic carboxylic acids is 2. The van der Waals surface area contributed by atoms with Crippen LogP contribution in [0.15, 0.2) is 0 Å². The molecule has 0 aliphatic rings. The number of nitrogens with one attached hydrogen (secondary N) is 1. The Bertz CT molecular complexity index is 427. The molecule has 98 valence electrons. The monoisotopic (exact) mass is 267 g/mol. The van der Waals surface area contributed by atoms with Crippen molar-refractivity contribution in [1.29, 1.82) is 0 Å². The van der Waals surface area contributed by atoms with E-state index in [-0.39, 0.29) is 0 Å². The molecule has 0 aromatic carbocycles. The Balaban J connectivity index is 4.74. The van der Waals surface area contributed by atoms with Crippen molar-refractivity contribution < 1.29 is 33.0 Å². The number of hydrogen-bond acceptors (Lipinski definition) is 5. The summed E-state index contributed by atoms with van der Waals surface area (Å²) in [6, 6.07) is -1.65. The number of amides is 1. The smallest absolute Gasteiger partial charge is 0.326 e. The highest BCUT2D eigenvalue weighted by Crippen LogP contribution is 2.00. The summed E-state index contributed by atoms with van der Waals surface area (Å²) in [5.74, 6) is -3.99. The SMILES string of the molecule is CC(C(=O)N[C@@H](CC(=O)O)C(=O)O)S(C)(=O)=O. The molecular formula is C8H13NO7S. The minimum atomic E-state index is -3.65. The van der Waals surface area contributed by atoms with Crippen LogP contribution in [0.2, 0.25) is 0 Å². The van der Waals surface area contributed by atoms with Crippen LogP contribution in [-0.2, 0) is 24.2 Å². The molecule has 0 spiro atoms. The van der Waals surface area contributed by atoms with Crippen LogP contribution in [0.5, 0.6) is 0 Å². The lowest BCUT2D eigenvalue weighted by atomic mass is 10.2. The third kappa shape index (κ3) is 5.29. The zero-order valence-electron chi connectivity index (χ0n) is 9.21. The Morgan fingerprint density at radius 3 is 2.00 bits per heavy atom. The van der Waals surface area contributed by atoms with E-state index in [4.69, 9.17) is 10.2 Å². The average Bonchev–Trinajstić information content (AvgIpc) is 2.13. The van der Waals surface area contributed by atoms with Crippen molar-refractivity contribution in [3.8, 4) is 0 Å². The fourth-order valence-electron chi connectivity index (χ4n) is 0.858. The van der Waals surface area contributed by atoms with Gasteiger partial charge >= 0.3 is 11.9 Å². The molecule has 8 nitrogen and oxygen atoms in total. The van der Waals surface area contributed by atoms with E-state index in [9.17, 15) is 22.8 Å². The van der Waals surface area contributed by atoms with Crippen LogP contribution in [0.25, 0.3) is 0 Å². The fraction of sp³-hybridized carbons (Fsp3) is 0.625. The van der Waals surface area contributed by atoms with Gasteiger partial charge in [0, 0.05) is 6.26 Å². The van der Waals surface area contributed by atoms with Crippen molar-refractivity contribution in [2.45, 2.75) is 24.6 Å². The molecule has 0 bridgehead atoms. The van der Waals surface area contributed by atoms with Crippen LogP contribution < -0.4 is 5.32 Å². The number of carbonyl (C=O) groups is 3. The van der Waals surface area contributed by atoms with Gasteiger partial charge in [0.25, 0.3) is 0 Å². The molecule has 0 heterocycles. The normalized spacial score (nSPS) is 14.7.